The molecular weight excluding hydrogens is 278 g/mol. The van der Waals surface area contributed by atoms with Crippen LogP contribution in [-0.4, -0.2) is 51.5 Å². The van der Waals surface area contributed by atoms with Gasteiger partial charge in [-0.05, 0) is 31.5 Å². The summed E-state index contributed by atoms with van der Waals surface area (Å²) < 4.78 is 0. The second-order valence-corrected chi connectivity index (χ2v) is 5.90. The summed E-state index contributed by atoms with van der Waals surface area (Å²) in [5, 5.41) is 22.2. The van der Waals surface area contributed by atoms with Gasteiger partial charge in [0.1, 0.15) is 17.4 Å². The van der Waals surface area contributed by atoms with Crippen LogP contribution in [0.2, 0.25) is 0 Å². The van der Waals surface area contributed by atoms with E-state index in [2.05, 4.69) is 15.3 Å². The second-order valence-electron chi connectivity index (χ2n) is 5.90. The Morgan fingerprint density at radius 1 is 1.32 bits per heavy atom. The van der Waals surface area contributed by atoms with E-state index in [4.69, 9.17) is 5.41 Å². The summed E-state index contributed by atoms with van der Waals surface area (Å²) in [7, 11) is 0. The third-order valence-electron chi connectivity index (χ3n) is 4.47. The van der Waals surface area contributed by atoms with Crippen molar-refractivity contribution < 1.29 is 5.11 Å². The monoisotopic (exact) mass is 297 g/mol. The first-order chi connectivity index (χ1) is 10.7. The first-order valence-corrected chi connectivity index (χ1v) is 7.67. The highest BCUT2D eigenvalue weighted by Crippen LogP contribution is 2.29. The predicted octanol–water partition coefficient (Wildman–Crippen LogP) is 1.88. The van der Waals surface area contributed by atoms with Gasteiger partial charge < -0.3 is 20.3 Å². The highest BCUT2D eigenvalue weighted by molar-refractivity contribution is 6.23. The summed E-state index contributed by atoms with van der Waals surface area (Å²) in [5.41, 5.74) is 2.30. The number of hydrogen-bond acceptors (Lipinski definition) is 4. The minimum Gasteiger partial charge on any atom is -0.510 e. The van der Waals surface area contributed by atoms with E-state index in [0.29, 0.717) is 23.8 Å². The molecule has 0 spiro atoms. The number of para-hydroxylation sites is 2. The van der Waals surface area contributed by atoms with Crippen molar-refractivity contribution in [2.75, 3.05) is 19.6 Å². The fraction of sp³-hybridized carbons (Fsp3) is 0.375. The molecule has 6 nitrogen and oxygen atoms in total. The van der Waals surface area contributed by atoms with Crippen molar-refractivity contribution >= 4 is 22.4 Å². The molecule has 4 N–H and O–H groups in total. The number of nitrogens with one attached hydrogen (secondary N) is 3. The Labute approximate surface area is 128 Å². The number of rotatable bonds is 2. The van der Waals surface area contributed by atoms with E-state index in [1.807, 2.05) is 29.2 Å². The largest absolute Gasteiger partial charge is 0.510 e. The van der Waals surface area contributed by atoms with Crippen molar-refractivity contribution in [2.24, 2.45) is 0 Å². The third kappa shape index (κ3) is 2.07. The van der Waals surface area contributed by atoms with Gasteiger partial charge in [-0.2, -0.15) is 0 Å². The van der Waals surface area contributed by atoms with E-state index in [9.17, 15) is 5.11 Å². The molecule has 1 aromatic carbocycles. The minimum absolute atomic E-state index is 0.231. The van der Waals surface area contributed by atoms with Gasteiger partial charge in [0.05, 0.1) is 23.2 Å². The Hall–Kier alpha value is -2.34. The summed E-state index contributed by atoms with van der Waals surface area (Å²) in [6, 6.07) is 8.02. The number of amidine groups is 1. The molecule has 4 rings (SSSR count). The molecule has 0 saturated carbocycles. The van der Waals surface area contributed by atoms with Gasteiger partial charge >= 0.3 is 0 Å². The van der Waals surface area contributed by atoms with E-state index in [0.717, 1.165) is 37.0 Å². The molecule has 0 aliphatic carbocycles. The summed E-state index contributed by atoms with van der Waals surface area (Å²) in [6.07, 6.45) is 2.16. The molecule has 22 heavy (non-hydrogen) atoms. The summed E-state index contributed by atoms with van der Waals surface area (Å²) in [6.45, 7) is 2.30. The number of hydrogen-bond donors (Lipinski definition) is 4. The quantitative estimate of drug-likeness (QED) is 0.681. The molecule has 2 aliphatic rings. The van der Waals surface area contributed by atoms with Crippen LogP contribution in [-0.2, 0) is 0 Å². The molecule has 1 aromatic heterocycles. The van der Waals surface area contributed by atoms with Gasteiger partial charge in [-0.15, -0.1) is 0 Å². The number of aromatic nitrogens is 2. The smallest absolute Gasteiger partial charge is 0.145 e. The standard InChI is InChI=1S/C16H19N5O/c17-15-14(16-19-11-5-1-2-6-12(11)20-16)13(22)9-21(15)10-4-3-7-18-8-10/h1-2,5-6,10,17-18,22H,3-4,7-9H2,(H,19,20). The van der Waals surface area contributed by atoms with Crippen LogP contribution in [0.1, 0.15) is 18.7 Å². The number of imidazole rings is 1. The number of aliphatic hydroxyl groups excluding tert-OH is 1. The molecule has 0 bridgehead atoms. The number of benzene rings is 1. The summed E-state index contributed by atoms with van der Waals surface area (Å²) in [5.74, 6) is 1.18. The number of nitrogens with zero attached hydrogens (tertiary/aromatic N) is 2. The van der Waals surface area contributed by atoms with Crippen molar-refractivity contribution in [3.05, 3.63) is 35.8 Å². The average Bonchev–Trinajstić information content (AvgIpc) is 3.08. The Morgan fingerprint density at radius 2 is 2.18 bits per heavy atom. The fourth-order valence-corrected chi connectivity index (χ4v) is 3.33. The first-order valence-electron chi connectivity index (χ1n) is 7.67. The predicted molar refractivity (Wildman–Crippen MR) is 86.0 cm³/mol. The molecule has 0 amide bonds. The van der Waals surface area contributed by atoms with Crippen LogP contribution in [0, 0.1) is 5.41 Å². The number of aliphatic hydroxyl groups is 1. The average molecular weight is 297 g/mol. The van der Waals surface area contributed by atoms with Crippen molar-refractivity contribution in [1.82, 2.24) is 20.2 Å². The zero-order chi connectivity index (χ0) is 15.1. The van der Waals surface area contributed by atoms with Crippen molar-refractivity contribution in [1.29, 1.82) is 5.41 Å². The van der Waals surface area contributed by atoms with Crippen LogP contribution < -0.4 is 5.32 Å². The van der Waals surface area contributed by atoms with E-state index >= 15 is 0 Å². The Morgan fingerprint density at radius 3 is 2.95 bits per heavy atom. The van der Waals surface area contributed by atoms with Crippen LogP contribution in [0.3, 0.4) is 0 Å². The molecule has 1 unspecified atom stereocenters. The van der Waals surface area contributed by atoms with E-state index in [-0.39, 0.29) is 11.8 Å². The first kappa shape index (κ1) is 13.3. The third-order valence-corrected chi connectivity index (χ3v) is 4.47. The van der Waals surface area contributed by atoms with Gasteiger partial charge in [-0.3, -0.25) is 5.41 Å². The van der Waals surface area contributed by atoms with Gasteiger partial charge in [-0.1, -0.05) is 12.1 Å². The zero-order valence-electron chi connectivity index (χ0n) is 12.3. The molecule has 2 aliphatic heterocycles. The number of piperidine rings is 1. The molecule has 1 saturated heterocycles. The topological polar surface area (TPSA) is 88.0 Å². The van der Waals surface area contributed by atoms with Gasteiger partial charge in [-0.25, -0.2) is 4.98 Å². The van der Waals surface area contributed by atoms with Crippen molar-refractivity contribution in [2.45, 2.75) is 18.9 Å². The molecular formula is C16H19N5O. The second kappa shape index (κ2) is 5.14. The lowest BCUT2D eigenvalue weighted by molar-refractivity contribution is 0.252. The molecule has 2 aromatic rings. The highest BCUT2D eigenvalue weighted by atomic mass is 16.3. The van der Waals surface area contributed by atoms with Gasteiger partial charge in [0.25, 0.3) is 0 Å². The van der Waals surface area contributed by atoms with Crippen molar-refractivity contribution in [3.8, 4) is 0 Å². The lowest BCUT2D eigenvalue weighted by Gasteiger charge is -2.32. The number of fused-ring (bicyclic) bond motifs is 1. The van der Waals surface area contributed by atoms with Gasteiger partial charge in [0, 0.05) is 12.6 Å². The molecule has 1 fully saturated rings. The lowest BCUT2D eigenvalue weighted by atomic mass is 10.1. The minimum atomic E-state index is 0.231. The molecule has 114 valence electrons. The molecule has 1 atom stereocenters. The van der Waals surface area contributed by atoms with E-state index in [1.165, 1.54) is 0 Å². The lowest BCUT2D eigenvalue weighted by Crippen LogP contribution is -2.47. The van der Waals surface area contributed by atoms with Crippen LogP contribution in [0.5, 0.6) is 0 Å². The maximum absolute atomic E-state index is 10.4. The number of H-pyrrole nitrogens is 1. The maximum atomic E-state index is 10.4. The SMILES string of the molecule is N=C1C(c2nc3ccccc3[nH]2)=C(O)CN1C1CCCNC1. The molecule has 6 heteroatoms. The van der Waals surface area contributed by atoms with Crippen LogP contribution in [0.25, 0.3) is 16.6 Å². The fourth-order valence-electron chi connectivity index (χ4n) is 3.33. The normalized spacial score (nSPS) is 22.8. The highest BCUT2D eigenvalue weighted by Gasteiger charge is 2.34. The number of aromatic amines is 1. The maximum Gasteiger partial charge on any atom is 0.145 e. The van der Waals surface area contributed by atoms with Crippen LogP contribution in [0.15, 0.2) is 30.0 Å². The Bertz CT molecular complexity index is 724. The zero-order valence-corrected chi connectivity index (χ0v) is 12.3. The van der Waals surface area contributed by atoms with E-state index in [1.54, 1.807) is 0 Å². The molecule has 0 radical (unpaired) electrons. The summed E-state index contributed by atoms with van der Waals surface area (Å²) >= 11 is 0. The van der Waals surface area contributed by atoms with E-state index < -0.39 is 0 Å². The van der Waals surface area contributed by atoms with Crippen LogP contribution in [0.4, 0.5) is 0 Å². The summed E-state index contributed by atoms with van der Waals surface area (Å²) in [4.78, 5) is 9.70. The van der Waals surface area contributed by atoms with Gasteiger partial charge in [0.2, 0.25) is 0 Å². The van der Waals surface area contributed by atoms with Crippen molar-refractivity contribution in [3.63, 3.8) is 0 Å². The Balaban J connectivity index is 1.66. The molecule has 3 heterocycles. The van der Waals surface area contributed by atoms with Gasteiger partial charge in [0.15, 0.2) is 0 Å². The van der Waals surface area contributed by atoms with Crippen LogP contribution >= 0.6 is 0 Å². The Kier molecular flexibility index (Phi) is 3.11.